The van der Waals surface area contributed by atoms with Crippen molar-refractivity contribution in [3.8, 4) is 0 Å². The van der Waals surface area contributed by atoms with Crippen LogP contribution in [-0.4, -0.2) is 22.4 Å². The Kier molecular flexibility index (Phi) is 2.67. The third-order valence-electron chi connectivity index (χ3n) is 1.08. The van der Waals surface area contributed by atoms with E-state index >= 15 is 0 Å². The van der Waals surface area contributed by atoms with Crippen LogP contribution >= 0.6 is 7.60 Å². The fourth-order valence-corrected chi connectivity index (χ4v) is 1.01. The molecule has 0 bridgehead atoms. The summed E-state index contributed by atoms with van der Waals surface area (Å²) in [5.41, 5.74) is 0. The second-order valence-electron chi connectivity index (χ2n) is 2.13. The molecule has 2 N–H and O–H groups in total. The first-order chi connectivity index (χ1) is 5.08. The lowest BCUT2D eigenvalue weighted by Gasteiger charge is -2.11. The van der Waals surface area contributed by atoms with Crippen LogP contribution in [-0.2, 0) is 14.0 Å². The number of hydrogen-bond acceptors (Lipinski definition) is 3. The SMILES string of the molecule is O=P(O)(O)COC1CC=CO1. The molecule has 5 nitrogen and oxygen atoms in total. The summed E-state index contributed by atoms with van der Waals surface area (Å²) in [7, 11) is -4.05. The normalized spacial score (nSPS) is 23.6. The lowest BCUT2D eigenvalue weighted by molar-refractivity contribution is -0.0784. The molecule has 0 spiro atoms. The lowest BCUT2D eigenvalue weighted by atomic mass is 10.4. The molecule has 0 aromatic heterocycles. The molecule has 64 valence electrons. The van der Waals surface area contributed by atoms with Gasteiger partial charge in [0.2, 0.25) is 6.29 Å². The summed E-state index contributed by atoms with van der Waals surface area (Å²) in [4.78, 5) is 16.8. The Hall–Kier alpha value is -0.350. The van der Waals surface area contributed by atoms with E-state index in [4.69, 9.17) is 19.3 Å². The smallest absolute Gasteiger partial charge is 0.351 e. The lowest BCUT2D eigenvalue weighted by Crippen LogP contribution is -2.11. The molecular weight excluding hydrogens is 171 g/mol. The third kappa shape index (κ3) is 3.53. The summed E-state index contributed by atoms with van der Waals surface area (Å²) in [5.74, 6) is 0. The van der Waals surface area contributed by atoms with Gasteiger partial charge in [-0.25, -0.2) is 0 Å². The van der Waals surface area contributed by atoms with Crippen LogP contribution in [0, 0.1) is 0 Å². The summed E-state index contributed by atoms with van der Waals surface area (Å²) in [5, 5.41) is 0. The van der Waals surface area contributed by atoms with Crippen molar-refractivity contribution in [2.24, 2.45) is 0 Å². The van der Waals surface area contributed by atoms with Gasteiger partial charge < -0.3 is 19.3 Å². The number of ether oxygens (including phenoxy) is 2. The van der Waals surface area contributed by atoms with Crippen molar-refractivity contribution in [1.29, 1.82) is 0 Å². The molecule has 1 heterocycles. The summed E-state index contributed by atoms with van der Waals surface area (Å²) >= 11 is 0. The van der Waals surface area contributed by atoms with E-state index in [1.807, 2.05) is 0 Å². The van der Waals surface area contributed by atoms with Crippen molar-refractivity contribution >= 4 is 7.60 Å². The van der Waals surface area contributed by atoms with Crippen LogP contribution in [0.25, 0.3) is 0 Å². The fourth-order valence-electron chi connectivity index (χ4n) is 0.653. The van der Waals surface area contributed by atoms with Gasteiger partial charge in [-0.15, -0.1) is 0 Å². The maximum Gasteiger partial charge on any atom is 0.351 e. The van der Waals surface area contributed by atoms with Crippen LogP contribution in [0.4, 0.5) is 0 Å². The molecule has 0 radical (unpaired) electrons. The summed E-state index contributed by atoms with van der Waals surface area (Å²) < 4.78 is 19.8. The van der Waals surface area contributed by atoms with Gasteiger partial charge in [-0.3, -0.25) is 4.57 Å². The molecule has 0 fully saturated rings. The molecule has 0 saturated heterocycles. The highest BCUT2D eigenvalue weighted by atomic mass is 31.2. The van der Waals surface area contributed by atoms with Crippen molar-refractivity contribution in [2.75, 3.05) is 6.35 Å². The van der Waals surface area contributed by atoms with E-state index in [1.54, 1.807) is 6.08 Å². The van der Waals surface area contributed by atoms with Gasteiger partial charge in [-0.1, -0.05) is 0 Å². The molecule has 0 aliphatic carbocycles. The topological polar surface area (TPSA) is 76.0 Å². The predicted molar refractivity (Wildman–Crippen MR) is 36.6 cm³/mol. The van der Waals surface area contributed by atoms with Gasteiger partial charge in [0.05, 0.1) is 6.26 Å². The molecule has 0 amide bonds. The molecule has 1 rings (SSSR count). The largest absolute Gasteiger partial charge is 0.473 e. The van der Waals surface area contributed by atoms with E-state index in [0.29, 0.717) is 6.42 Å². The predicted octanol–water partition coefficient (Wildman–Crippen LogP) is 0.398. The van der Waals surface area contributed by atoms with Crippen LogP contribution in [0.2, 0.25) is 0 Å². The minimum atomic E-state index is -4.05. The Bertz CT molecular complexity index is 187. The first kappa shape index (κ1) is 8.74. The summed E-state index contributed by atoms with van der Waals surface area (Å²) in [6.45, 7) is 0. The second-order valence-corrected chi connectivity index (χ2v) is 3.72. The van der Waals surface area contributed by atoms with E-state index in [2.05, 4.69) is 0 Å². The number of rotatable bonds is 3. The zero-order chi connectivity index (χ0) is 8.32. The van der Waals surface area contributed by atoms with Gasteiger partial charge in [0, 0.05) is 6.42 Å². The minimum Gasteiger partial charge on any atom is -0.473 e. The quantitative estimate of drug-likeness (QED) is 0.614. The average molecular weight is 180 g/mol. The van der Waals surface area contributed by atoms with E-state index in [-0.39, 0.29) is 0 Å². The first-order valence-electron chi connectivity index (χ1n) is 3.04. The molecule has 11 heavy (non-hydrogen) atoms. The highest BCUT2D eigenvalue weighted by Gasteiger charge is 2.18. The van der Waals surface area contributed by atoms with E-state index in [9.17, 15) is 4.57 Å². The monoisotopic (exact) mass is 180 g/mol. The average Bonchev–Trinajstić information content (AvgIpc) is 2.32. The summed E-state index contributed by atoms with van der Waals surface area (Å²) in [6.07, 6.45) is 2.61. The molecule has 0 saturated carbocycles. The molecule has 6 heteroatoms. The zero-order valence-corrected chi connectivity index (χ0v) is 6.61. The highest BCUT2D eigenvalue weighted by molar-refractivity contribution is 7.51. The maximum absolute atomic E-state index is 10.3. The molecular formula is C5H9O5P. The van der Waals surface area contributed by atoms with Crippen molar-refractivity contribution in [1.82, 2.24) is 0 Å². The maximum atomic E-state index is 10.3. The zero-order valence-electron chi connectivity index (χ0n) is 5.71. The molecule has 1 unspecified atom stereocenters. The van der Waals surface area contributed by atoms with E-state index < -0.39 is 20.2 Å². The number of hydrogen-bond donors (Lipinski definition) is 2. The Morgan fingerprint density at radius 2 is 2.45 bits per heavy atom. The van der Waals surface area contributed by atoms with E-state index in [0.717, 1.165) is 0 Å². The Morgan fingerprint density at radius 3 is 2.91 bits per heavy atom. The van der Waals surface area contributed by atoms with E-state index in [1.165, 1.54) is 6.26 Å². The van der Waals surface area contributed by atoms with Gasteiger partial charge in [-0.2, -0.15) is 0 Å². The molecule has 0 aromatic rings. The van der Waals surface area contributed by atoms with Crippen LogP contribution in [0.3, 0.4) is 0 Å². The molecule has 0 aromatic carbocycles. The summed E-state index contributed by atoms with van der Waals surface area (Å²) in [6, 6.07) is 0. The van der Waals surface area contributed by atoms with Gasteiger partial charge >= 0.3 is 7.60 Å². The van der Waals surface area contributed by atoms with Crippen LogP contribution in [0.5, 0.6) is 0 Å². The molecule has 1 atom stereocenters. The fraction of sp³-hybridized carbons (Fsp3) is 0.600. The third-order valence-corrected chi connectivity index (χ3v) is 1.57. The van der Waals surface area contributed by atoms with Crippen LogP contribution in [0.15, 0.2) is 12.3 Å². The van der Waals surface area contributed by atoms with Crippen LogP contribution < -0.4 is 0 Å². The molecule has 1 aliphatic rings. The standard InChI is InChI=1S/C5H9O5P/c6-11(7,8)4-10-5-2-1-3-9-5/h1,3,5H,2,4H2,(H2,6,7,8). The van der Waals surface area contributed by atoms with Gasteiger partial charge in [0.15, 0.2) is 6.35 Å². The van der Waals surface area contributed by atoms with Crippen LogP contribution in [0.1, 0.15) is 6.42 Å². The van der Waals surface area contributed by atoms with Crippen molar-refractivity contribution in [3.63, 3.8) is 0 Å². The Labute approximate surface area is 63.8 Å². The Morgan fingerprint density at radius 1 is 1.73 bits per heavy atom. The minimum absolute atomic E-state index is 0.525. The highest BCUT2D eigenvalue weighted by Crippen LogP contribution is 2.35. The first-order valence-corrected chi connectivity index (χ1v) is 4.84. The van der Waals surface area contributed by atoms with Gasteiger partial charge in [0.25, 0.3) is 0 Å². The molecule has 1 aliphatic heterocycles. The van der Waals surface area contributed by atoms with Gasteiger partial charge in [0.1, 0.15) is 0 Å². The van der Waals surface area contributed by atoms with Crippen molar-refractivity contribution in [2.45, 2.75) is 12.7 Å². The van der Waals surface area contributed by atoms with Crippen molar-refractivity contribution < 1.29 is 23.8 Å². The Balaban J connectivity index is 2.18. The van der Waals surface area contributed by atoms with Gasteiger partial charge in [-0.05, 0) is 6.08 Å². The van der Waals surface area contributed by atoms with Crippen molar-refractivity contribution in [3.05, 3.63) is 12.3 Å². The second kappa shape index (κ2) is 3.36.